The molecular formula is C23H36O5. The van der Waals surface area contributed by atoms with E-state index in [0.29, 0.717) is 31.7 Å². The van der Waals surface area contributed by atoms with E-state index in [1.165, 1.54) is 5.57 Å². The minimum absolute atomic E-state index is 0.0195. The number of hydrogen-bond acceptors (Lipinski definition) is 5. The summed E-state index contributed by atoms with van der Waals surface area (Å²) in [5, 5.41) is 21.7. The number of aliphatic hydroxyl groups excluding tert-OH is 2. The van der Waals surface area contributed by atoms with Gasteiger partial charge in [0.05, 0.1) is 31.5 Å². The summed E-state index contributed by atoms with van der Waals surface area (Å²) >= 11 is 0. The Kier molecular flexibility index (Phi) is 4.54. The Bertz CT molecular complexity index is 655. The number of aliphatic hydroxyl groups is 2. The molecule has 5 nitrogen and oxygen atoms in total. The van der Waals surface area contributed by atoms with Crippen molar-refractivity contribution in [2.24, 2.45) is 28.6 Å². The van der Waals surface area contributed by atoms with Crippen LogP contribution in [0, 0.1) is 28.6 Å². The maximum absolute atomic E-state index is 11.5. The lowest BCUT2D eigenvalue weighted by atomic mass is 9.46. The second-order valence-corrected chi connectivity index (χ2v) is 10.5. The Morgan fingerprint density at radius 3 is 2.54 bits per heavy atom. The smallest absolute Gasteiger partial charge is 0.169 e. The zero-order valence-electron chi connectivity index (χ0n) is 17.5. The zero-order chi connectivity index (χ0) is 19.7. The monoisotopic (exact) mass is 392 g/mol. The van der Waals surface area contributed by atoms with E-state index >= 15 is 0 Å². The van der Waals surface area contributed by atoms with Crippen molar-refractivity contribution in [1.82, 2.24) is 0 Å². The molecule has 158 valence electrons. The normalized spacial score (nSPS) is 53.0. The molecule has 0 aromatic heterocycles. The lowest BCUT2D eigenvalue weighted by Crippen LogP contribution is -2.67. The molecule has 0 aromatic rings. The van der Waals surface area contributed by atoms with Gasteiger partial charge in [0.1, 0.15) is 0 Å². The first-order valence-corrected chi connectivity index (χ1v) is 11.2. The maximum Gasteiger partial charge on any atom is 0.169 e. The van der Waals surface area contributed by atoms with Crippen LogP contribution in [0.2, 0.25) is 0 Å². The average molecular weight is 393 g/mol. The van der Waals surface area contributed by atoms with Crippen molar-refractivity contribution < 1.29 is 24.4 Å². The van der Waals surface area contributed by atoms with Crippen molar-refractivity contribution in [3.8, 4) is 0 Å². The van der Waals surface area contributed by atoms with Gasteiger partial charge in [0.15, 0.2) is 5.79 Å². The molecule has 2 aliphatic heterocycles. The Hall–Kier alpha value is -0.460. The van der Waals surface area contributed by atoms with Gasteiger partial charge in [-0.3, -0.25) is 0 Å². The third-order valence-corrected chi connectivity index (χ3v) is 9.30. The summed E-state index contributed by atoms with van der Waals surface area (Å²) in [6.07, 6.45) is 7.08. The largest absolute Gasteiger partial charge is 0.393 e. The number of allylic oxidation sites excluding steroid dienone is 1. The van der Waals surface area contributed by atoms with Crippen LogP contribution in [0.5, 0.6) is 0 Å². The first kappa shape index (κ1) is 19.5. The number of rotatable bonds is 1. The van der Waals surface area contributed by atoms with Crippen molar-refractivity contribution in [3.63, 3.8) is 0 Å². The van der Waals surface area contributed by atoms with Crippen LogP contribution >= 0.6 is 0 Å². The van der Waals surface area contributed by atoms with E-state index in [-0.39, 0.29) is 29.0 Å². The first-order chi connectivity index (χ1) is 13.3. The van der Waals surface area contributed by atoms with Gasteiger partial charge in [-0.15, -0.1) is 0 Å². The van der Waals surface area contributed by atoms with Gasteiger partial charge < -0.3 is 24.4 Å². The molecule has 0 amide bonds. The van der Waals surface area contributed by atoms with Crippen molar-refractivity contribution in [1.29, 1.82) is 0 Å². The Labute approximate surface area is 168 Å². The molecule has 5 aliphatic rings. The fourth-order valence-electron chi connectivity index (χ4n) is 7.70. The van der Waals surface area contributed by atoms with Crippen LogP contribution in [0.4, 0.5) is 0 Å². The van der Waals surface area contributed by atoms with Gasteiger partial charge in [0, 0.05) is 17.9 Å². The van der Waals surface area contributed by atoms with E-state index in [1.807, 2.05) is 0 Å². The van der Waals surface area contributed by atoms with Crippen LogP contribution in [0.15, 0.2) is 11.6 Å². The van der Waals surface area contributed by atoms with Crippen LogP contribution in [0.3, 0.4) is 0 Å². The Morgan fingerprint density at radius 1 is 1.04 bits per heavy atom. The van der Waals surface area contributed by atoms with E-state index in [2.05, 4.69) is 26.8 Å². The van der Waals surface area contributed by atoms with E-state index < -0.39 is 11.9 Å². The lowest BCUT2D eigenvalue weighted by molar-refractivity contribution is -0.297. The number of hydrogen-bond donors (Lipinski definition) is 2. The summed E-state index contributed by atoms with van der Waals surface area (Å²) in [7, 11) is 0. The molecule has 2 heterocycles. The first-order valence-electron chi connectivity index (χ1n) is 11.2. The molecule has 2 N–H and O–H groups in total. The van der Waals surface area contributed by atoms with Gasteiger partial charge >= 0.3 is 0 Å². The molecule has 8 atom stereocenters. The standard InChI is InChI=1S/C23H36O5/c1-21-8-6-15(24)12-14(21)4-5-16-17(21)13-19(25)22(2)18(7-9-26-20(16)22)23(3)27-10-11-28-23/h4,15-20,24-25H,5-13H2,1-3H3/t15-,16?,17?,18?,19+,20-,21-,22-/m0/s1. The topological polar surface area (TPSA) is 68.2 Å². The molecule has 28 heavy (non-hydrogen) atoms. The van der Waals surface area contributed by atoms with Crippen molar-refractivity contribution >= 4 is 0 Å². The molecule has 5 heteroatoms. The average Bonchev–Trinajstić information content (AvgIpc) is 3.10. The summed E-state index contributed by atoms with van der Waals surface area (Å²) in [5.74, 6) is 0.317. The minimum atomic E-state index is -0.626. The van der Waals surface area contributed by atoms with Crippen LogP contribution in [-0.4, -0.2) is 54.1 Å². The molecule has 3 unspecified atom stereocenters. The molecule has 3 aliphatic carbocycles. The Balaban J connectivity index is 1.51. The fraction of sp³-hybridized carbons (Fsp3) is 0.913. The zero-order valence-corrected chi connectivity index (χ0v) is 17.5. The second-order valence-electron chi connectivity index (χ2n) is 10.5. The summed E-state index contributed by atoms with van der Waals surface area (Å²) in [6, 6.07) is 0. The predicted octanol–water partition coefficient (Wildman–Crippen LogP) is 3.04. The van der Waals surface area contributed by atoms with E-state index in [4.69, 9.17) is 14.2 Å². The molecule has 0 radical (unpaired) electrons. The molecule has 2 saturated carbocycles. The Morgan fingerprint density at radius 2 is 1.79 bits per heavy atom. The number of fused-ring (bicyclic) bond motifs is 5. The van der Waals surface area contributed by atoms with E-state index in [0.717, 1.165) is 38.5 Å². The molecule has 0 spiro atoms. The third kappa shape index (κ3) is 2.56. The van der Waals surface area contributed by atoms with E-state index in [9.17, 15) is 10.2 Å². The lowest BCUT2D eigenvalue weighted by Gasteiger charge is -2.63. The van der Waals surface area contributed by atoms with Gasteiger partial charge in [-0.2, -0.15) is 0 Å². The highest BCUT2D eigenvalue weighted by molar-refractivity contribution is 5.26. The number of ether oxygens (including phenoxy) is 3. The van der Waals surface area contributed by atoms with Crippen LogP contribution in [0.25, 0.3) is 0 Å². The maximum atomic E-state index is 11.5. The van der Waals surface area contributed by atoms with Gasteiger partial charge in [0.2, 0.25) is 0 Å². The third-order valence-electron chi connectivity index (χ3n) is 9.30. The summed E-state index contributed by atoms with van der Waals surface area (Å²) in [4.78, 5) is 0. The molecule has 0 aromatic carbocycles. The molecule has 5 rings (SSSR count). The van der Waals surface area contributed by atoms with Crippen LogP contribution < -0.4 is 0 Å². The highest BCUT2D eigenvalue weighted by Crippen LogP contribution is 2.63. The molecule has 0 bridgehead atoms. The summed E-state index contributed by atoms with van der Waals surface area (Å²) < 4.78 is 18.6. The second kappa shape index (κ2) is 6.52. The van der Waals surface area contributed by atoms with Crippen molar-refractivity contribution in [2.45, 2.75) is 83.4 Å². The van der Waals surface area contributed by atoms with Crippen molar-refractivity contribution in [3.05, 3.63) is 11.6 Å². The predicted molar refractivity (Wildman–Crippen MR) is 105 cm³/mol. The van der Waals surface area contributed by atoms with Crippen molar-refractivity contribution in [2.75, 3.05) is 19.8 Å². The van der Waals surface area contributed by atoms with E-state index in [1.54, 1.807) is 0 Å². The fourth-order valence-corrected chi connectivity index (χ4v) is 7.70. The van der Waals surface area contributed by atoms with Crippen LogP contribution in [0.1, 0.15) is 59.3 Å². The minimum Gasteiger partial charge on any atom is -0.393 e. The SMILES string of the molecule is CC1(C2CCO[C@H]3C4CC=C5C[C@@H](O)CC[C@]5(C)C4C[C@@H](O)[C@]23C)OCCO1. The molecular weight excluding hydrogens is 356 g/mol. The van der Waals surface area contributed by atoms with Crippen LogP contribution in [-0.2, 0) is 14.2 Å². The van der Waals surface area contributed by atoms with Gasteiger partial charge in [0.25, 0.3) is 0 Å². The molecule has 4 fully saturated rings. The summed E-state index contributed by atoms with van der Waals surface area (Å²) in [6.45, 7) is 8.59. The summed E-state index contributed by atoms with van der Waals surface area (Å²) in [5.41, 5.74) is 1.12. The molecule has 2 saturated heterocycles. The van der Waals surface area contributed by atoms with Gasteiger partial charge in [-0.25, -0.2) is 0 Å². The van der Waals surface area contributed by atoms with Gasteiger partial charge in [-0.1, -0.05) is 25.5 Å². The highest BCUT2D eigenvalue weighted by atomic mass is 16.7. The quantitative estimate of drug-likeness (QED) is 0.672. The highest BCUT2D eigenvalue weighted by Gasteiger charge is 2.65. The van der Waals surface area contributed by atoms with Gasteiger partial charge in [-0.05, 0) is 62.7 Å².